The average Bonchev–Trinajstić information content (AvgIpc) is 3.81. The first-order valence-corrected chi connectivity index (χ1v) is 20.8. The number of thioether (sulfide) groups is 2. The summed E-state index contributed by atoms with van der Waals surface area (Å²) in [4.78, 5) is 12.3. The molecule has 0 saturated heterocycles. The first-order chi connectivity index (χ1) is 22.3. The van der Waals surface area contributed by atoms with E-state index in [2.05, 4.69) is 85.1 Å². The van der Waals surface area contributed by atoms with Crippen molar-refractivity contribution in [1.82, 2.24) is 15.0 Å². The monoisotopic (exact) mass is 746 g/mol. The van der Waals surface area contributed by atoms with Crippen molar-refractivity contribution in [3.05, 3.63) is 76.8 Å². The van der Waals surface area contributed by atoms with Crippen molar-refractivity contribution in [1.29, 1.82) is 0 Å². The molecule has 0 bridgehead atoms. The number of fused-ring (bicyclic) bond motifs is 3. The van der Waals surface area contributed by atoms with Crippen LogP contribution in [0.5, 0.6) is 0 Å². The molecule has 256 valence electrons. The summed E-state index contributed by atoms with van der Waals surface area (Å²) in [7, 11) is 0. The SMILES string of the molecule is CCC(C)CSc1nc2ccccc2s1.CCC(CC)Sc1nc2ccccc2s1.CCC(O)CC.S=c1[nH]c2ccccc2s1.[OH-]. The van der Waals surface area contributed by atoms with Crippen LogP contribution >= 0.6 is 69.8 Å². The minimum Gasteiger partial charge on any atom is -0.870 e. The molecule has 0 spiro atoms. The Balaban J connectivity index is 0.000000227. The van der Waals surface area contributed by atoms with Gasteiger partial charge in [0.1, 0.15) is 0 Å². The molecule has 3 aromatic carbocycles. The highest BCUT2D eigenvalue weighted by Gasteiger charge is 2.10. The molecule has 0 aliphatic rings. The van der Waals surface area contributed by atoms with Gasteiger partial charge in [0.05, 0.1) is 36.8 Å². The minimum absolute atomic E-state index is 0. The molecule has 1 unspecified atom stereocenters. The lowest BCUT2D eigenvalue weighted by Crippen LogP contribution is -1.99. The number of aromatic amines is 1. The zero-order valence-corrected chi connectivity index (χ0v) is 33.0. The fourth-order valence-corrected chi connectivity index (χ4v) is 9.61. The molecule has 0 amide bonds. The van der Waals surface area contributed by atoms with E-state index in [-0.39, 0.29) is 11.6 Å². The Bertz CT molecular complexity index is 1650. The average molecular weight is 747 g/mol. The lowest BCUT2D eigenvalue weighted by atomic mass is 10.2. The highest BCUT2D eigenvalue weighted by Crippen LogP contribution is 2.34. The van der Waals surface area contributed by atoms with Gasteiger partial charge in [-0.2, -0.15) is 0 Å². The van der Waals surface area contributed by atoms with E-state index in [9.17, 15) is 0 Å². The van der Waals surface area contributed by atoms with Crippen molar-refractivity contribution in [2.75, 3.05) is 5.75 Å². The van der Waals surface area contributed by atoms with Gasteiger partial charge in [0.2, 0.25) is 0 Å². The quantitative estimate of drug-likeness (QED) is 0.106. The van der Waals surface area contributed by atoms with Crippen LogP contribution in [-0.2, 0) is 0 Å². The molecule has 0 aliphatic carbocycles. The fraction of sp³-hybridized carbons (Fsp3) is 0.417. The lowest BCUT2D eigenvalue weighted by molar-refractivity contribution is 0.166. The van der Waals surface area contributed by atoms with Gasteiger partial charge in [-0.25, -0.2) is 9.97 Å². The Morgan fingerprint density at radius 3 is 1.70 bits per heavy atom. The summed E-state index contributed by atoms with van der Waals surface area (Å²) in [6.07, 6.45) is 5.39. The highest BCUT2D eigenvalue weighted by molar-refractivity contribution is 8.01. The molecule has 0 radical (unpaired) electrons. The number of thiazole rings is 3. The van der Waals surface area contributed by atoms with Gasteiger partial charge < -0.3 is 15.6 Å². The number of benzene rings is 3. The smallest absolute Gasteiger partial charge is 0.159 e. The molecule has 11 heteroatoms. The summed E-state index contributed by atoms with van der Waals surface area (Å²) in [5, 5.41) is 9.38. The predicted octanol–water partition coefficient (Wildman–Crippen LogP) is 13.0. The summed E-state index contributed by atoms with van der Waals surface area (Å²) in [5.74, 6) is 1.96. The molecule has 6 rings (SSSR count). The molecular weight excluding hydrogens is 699 g/mol. The number of hydrogen-bond donors (Lipinski definition) is 2. The van der Waals surface area contributed by atoms with Crippen molar-refractivity contribution >= 4 is 100 Å². The van der Waals surface area contributed by atoms with Gasteiger partial charge in [-0.3, -0.25) is 0 Å². The number of aliphatic hydroxyl groups excluding tert-OH is 1. The van der Waals surface area contributed by atoms with Crippen LogP contribution in [0.15, 0.2) is 81.5 Å². The van der Waals surface area contributed by atoms with Gasteiger partial charge in [0.15, 0.2) is 12.6 Å². The van der Waals surface area contributed by atoms with Gasteiger partial charge in [-0.15, -0.1) is 34.0 Å². The van der Waals surface area contributed by atoms with Crippen LogP contribution in [0.25, 0.3) is 30.6 Å². The third kappa shape index (κ3) is 14.3. The summed E-state index contributed by atoms with van der Waals surface area (Å²) in [6.45, 7) is 13.0. The molecule has 47 heavy (non-hydrogen) atoms. The largest absolute Gasteiger partial charge is 0.870 e. The topological polar surface area (TPSA) is 91.8 Å². The number of H-pyrrole nitrogens is 1. The van der Waals surface area contributed by atoms with Crippen LogP contribution in [0.1, 0.15) is 73.6 Å². The Morgan fingerprint density at radius 2 is 1.21 bits per heavy atom. The van der Waals surface area contributed by atoms with Gasteiger partial charge in [0, 0.05) is 11.0 Å². The summed E-state index contributed by atoms with van der Waals surface area (Å²) >= 11 is 14.0. The van der Waals surface area contributed by atoms with Crippen LogP contribution in [0, 0.1) is 9.87 Å². The van der Waals surface area contributed by atoms with Crippen LogP contribution in [-0.4, -0.2) is 42.6 Å². The van der Waals surface area contributed by atoms with E-state index < -0.39 is 0 Å². The molecule has 0 aliphatic heterocycles. The molecule has 0 fully saturated rings. The van der Waals surface area contributed by atoms with E-state index in [0.717, 1.165) is 39.3 Å². The Kier molecular flexibility index (Phi) is 20.0. The maximum atomic E-state index is 8.67. The summed E-state index contributed by atoms with van der Waals surface area (Å²) < 4.78 is 7.09. The molecular formula is C36H48N3O2S6-. The van der Waals surface area contributed by atoms with Gasteiger partial charge in [0.25, 0.3) is 0 Å². The number of nitrogens with zero attached hydrogens (tertiary/aromatic N) is 2. The van der Waals surface area contributed by atoms with E-state index in [1.165, 1.54) is 47.8 Å². The Morgan fingerprint density at radius 1 is 0.702 bits per heavy atom. The zero-order chi connectivity index (χ0) is 33.3. The van der Waals surface area contributed by atoms with Crippen LogP contribution < -0.4 is 0 Å². The zero-order valence-electron chi connectivity index (χ0n) is 28.1. The second-order valence-corrected chi connectivity index (χ2v) is 17.4. The number of rotatable bonds is 10. The number of aromatic nitrogens is 3. The van der Waals surface area contributed by atoms with E-state index in [1.807, 2.05) is 79.0 Å². The van der Waals surface area contributed by atoms with Crippen LogP contribution in [0.2, 0.25) is 0 Å². The first-order valence-electron chi connectivity index (χ1n) is 16.1. The maximum Gasteiger partial charge on any atom is 0.159 e. The van der Waals surface area contributed by atoms with Crippen LogP contribution in [0.4, 0.5) is 0 Å². The molecule has 3 heterocycles. The molecule has 0 saturated carbocycles. The minimum atomic E-state index is -0.0648. The van der Waals surface area contributed by atoms with Crippen molar-refractivity contribution in [3.63, 3.8) is 0 Å². The van der Waals surface area contributed by atoms with Crippen molar-refractivity contribution < 1.29 is 10.6 Å². The number of hydrogen-bond acceptors (Lipinski definition) is 10. The summed E-state index contributed by atoms with van der Waals surface area (Å²) in [5.41, 5.74) is 3.41. The summed E-state index contributed by atoms with van der Waals surface area (Å²) in [6, 6.07) is 24.8. The molecule has 6 aromatic rings. The highest BCUT2D eigenvalue weighted by atomic mass is 32.2. The fourth-order valence-electron chi connectivity index (χ4n) is 3.93. The third-order valence-corrected chi connectivity index (χ3v) is 13.6. The molecule has 5 nitrogen and oxygen atoms in total. The normalized spacial score (nSPS) is 11.3. The second kappa shape index (κ2) is 22.7. The standard InChI is InChI=1S/2C12H15NS2.C7H5NS2.C5H12O.H2O/c1-3-9(2)8-14-12-13-10-6-4-5-7-11(10)15-12;1-3-9(4-2)14-12-13-10-7-5-6-8-11(10)15-12;9-7-8-5-3-1-2-4-6(5)10-7;1-3-5(6)4-2;/h4-7,9H,3,8H2,1-2H3;5-9H,3-4H2,1-2H3;1-4H,(H,8,9);5-6H,3-4H2,1-2H3;1H2/p-1. The molecule has 1 atom stereocenters. The van der Waals surface area contributed by atoms with E-state index in [0.29, 0.717) is 5.25 Å². The van der Waals surface area contributed by atoms with E-state index >= 15 is 0 Å². The van der Waals surface area contributed by atoms with Crippen LogP contribution in [0.3, 0.4) is 0 Å². The molecule has 3 N–H and O–H groups in total. The van der Waals surface area contributed by atoms with Crippen molar-refractivity contribution in [2.24, 2.45) is 5.92 Å². The van der Waals surface area contributed by atoms with E-state index in [4.69, 9.17) is 17.3 Å². The maximum absolute atomic E-state index is 8.67. The predicted molar refractivity (Wildman–Crippen MR) is 215 cm³/mol. The van der Waals surface area contributed by atoms with Crippen molar-refractivity contribution in [3.8, 4) is 0 Å². The number of para-hydroxylation sites is 3. The number of nitrogens with one attached hydrogen (secondary N) is 1. The van der Waals surface area contributed by atoms with Gasteiger partial charge in [-0.1, -0.05) is 108 Å². The van der Waals surface area contributed by atoms with E-state index in [1.54, 1.807) is 22.7 Å². The Labute approximate surface area is 306 Å². The Hall–Kier alpha value is -1.83. The van der Waals surface area contributed by atoms with Gasteiger partial charge in [-0.05, 0) is 80.2 Å². The van der Waals surface area contributed by atoms with Gasteiger partial charge >= 0.3 is 0 Å². The lowest BCUT2D eigenvalue weighted by Gasteiger charge is -2.07. The van der Waals surface area contributed by atoms with Crippen molar-refractivity contribution in [2.45, 2.75) is 93.7 Å². The third-order valence-electron chi connectivity index (χ3n) is 7.18. The first kappa shape index (κ1) is 41.3. The molecule has 3 aromatic heterocycles. The second-order valence-electron chi connectivity index (χ2n) is 10.8. The number of aliphatic hydroxyl groups is 1.